The molecule has 0 aliphatic rings. The van der Waals surface area contributed by atoms with Crippen LogP contribution in [0.1, 0.15) is 23.7 Å². The van der Waals surface area contributed by atoms with Crippen LogP contribution in [0.2, 0.25) is 0 Å². The van der Waals surface area contributed by atoms with E-state index in [9.17, 15) is 9.90 Å². The van der Waals surface area contributed by atoms with E-state index in [2.05, 4.69) is 0 Å². The fourth-order valence-electron chi connectivity index (χ4n) is 1.24. The number of nitrogen functional groups attached to an aromatic ring is 1. The van der Waals surface area contributed by atoms with Gasteiger partial charge in [-0.25, -0.2) is 4.79 Å². The van der Waals surface area contributed by atoms with E-state index in [1.165, 1.54) is 18.2 Å². The first-order chi connectivity index (χ1) is 8.15. The standard InChI is InChI=1S/C12H17NO4/c1-2-5-16-6-7-17-12(15)10-8-9(14)3-4-11(10)13/h3-4,8,14H,2,5-7,13H2,1H3. The largest absolute Gasteiger partial charge is 0.508 e. The molecule has 5 nitrogen and oxygen atoms in total. The number of phenolic OH excluding ortho intramolecular Hbond substituents is 1. The van der Waals surface area contributed by atoms with Crippen LogP contribution in [-0.2, 0) is 9.47 Å². The molecule has 1 aromatic carbocycles. The van der Waals surface area contributed by atoms with Gasteiger partial charge in [0.2, 0.25) is 0 Å². The molecular formula is C12H17NO4. The summed E-state index contributed by atoms with van der Waals surface area (Å²) >= 11 is 0. The highest BCUT2D eigenvalue weighted by Gasteiger charge is 2.11. The number of anilines is 1. The van der Waals surface area contributed by atoms with Crippen LogP contribution in [0.5, 0.6) is 5.75 Å². The quantitative estimate of drug-likeness (QED) is 0.341. The first-order valence-corrected chi connectivity index (χ1v) is 5.48. The predicted octanol–water partition coefficient (Wildman–Crippen LogP) is 1.56. The lowest BCUT2D eigenvalue weighted by atomic mass is 10.2. The number of nitrogens with two attached hydrogens (primary N) is 1. The van der Waals surface area contributed by atoms with Crippen LogP contribution in [-0.4, -0.2) is 30.9 Å². The Morgan fingerprint density at radius 3 is 2.82 bits per heavy atom. The number of carbonyl (C=O) groups is 1. The Kier molecular flexibility index (Phi) is 5.29. The van der Waals surface area contributed by atoms with Crippen molar-refractivity contribution in [2.45, 2.75) is 13.3 Å². The normalized spacial score (nSPS) is 10.2. The molecule has 0 radical (unpaired) electrons. The van der Waals surface area contributed by atoms with Crippen LogP contribution in [0.4, 0.5) is 5.69 Å². The Balaban J connectivity index is 2.44. The van der Waals surface area contributed by atoms with Gasteiger partial charge in [-0.2, -0.15) is 0 Å². The zero-order valence-electron chi connectivity index (χ0n) is 9.81. The summed E-state index contributed by atoms with van der Waals surface area (Å²) in [7, 11) is 0. The van der Waals surface area contributed by atoms with Crippen molar-refractivity contribution in [3.63, 3.8) is 0 Å². The number of phenols is 1. The molecule has 0 aliphatic carbocycles. The van der Waals surface area contributed by atoms with Gasteiger partial charge in [0.1, 0.15) is 12.4 Å². The molecule has 0 fully saturated rings. The Hall–Kier alpha value is -1.75. The second-order valence-electron chi connectivity index (χ2n) is 3.52. The van der Waals surface area contributed by atoms with E-state index in [1.54, 1.807) is 0 Å². The van der Waals surface area contributed by atoms with E-state index in [0.29, 0.717) is 13.2 Å². The third kappa shape index (κ3) is 4.32. The fraction of sp³-hybridized carbons (Fsp3) is 0.417. The molecule has 0 saturated heterocycles. The zero-order valence-corrected chi connectivity index (χ0v) is 9.81. The summed E-state index contributed by atoms with van der Waals surface area (Å²) in [5.41, 5.74) is 6.05. The van der Waals surface area contributed by atoms with E-state index in [1.807, 2.05) is 6.92 Å². The van der Waals surface area contributed by atoms with Gasteiger partial charge in [-0.05, 0) is 24.6 Å². The van der Waals surface area contributed by atoms with Gasteiger partial charge >= 0.3 is 5.97 Å². The van der Waals surface area contributed by atoms with Crippen molar-refractivity contribution < 1.29 is 19.4 Å². The van der Waals surface area contributed by atoms with Crippen LogP contribution in [0.25, 0.3) is 0 Å². The van der Waals surface area contributed by atoms with E-state index in [-0.39, 0.29) is 23.6 Å². The molecule has 0 aromatic heterocycles. The molecule has 5 heteroatoms. The van der Waals surface area contributed by atoms with E-state index >= 15 is 0 Å². The molecule has 17 heavy (non-hydrogen) atoms. The van der Waals surface area contributed by atoms with Crippen molar-refractivity contribution in [1.82, 2.24) is 0 Å². The van der Waals surface area contributed by atoms with Crippen LogP contribution in [0, 0.1) is 0 Å². The van der Waals surface area contributed by atoms with Gasteiger partial charge in [0.05, 0.1) is 12.2 Å². The number of hydrogen-bond donors (Lipinski definition) is 2. The summed E-state index contributed by atoms with van der Waals surface area (Å²) in [5.74, 6) is -0.577. The minimum atomic E-state index is -0.557. The molecule has 0 unspecified atom stereocenters. The summed E-state index contributed by atoms with van der Waals surface area (Å²) < 4.78 is 10.1. The lowest BCUT2D eigenvalue weighted by Gasteiger charge is -2.07. The molecule has 0 saturated carbocycles. The van der Waals surface area contributed by atoms with E-state index < -0.39 is 5.97 Å². The van der Waals surface area contributed by atoms with Gasteiger partial charge < -0.3 is 20.3 Å². The molecule has 3 N–H and O–H groups in total. The van der Waals surface area contributed by atoms with Crippen LogP contribution in [0.3, 0.4) is 0 Å². The van der Waals surface area contributed by atoms with Crippen molar-refractivity contribution >= 4 is 11.7 Å². The summed E-state index contributed by atoms with van der Waals surface area (Å²) in [6.45, 7) is 3.18. The summed E-state index contributed by atoms with van der Waals surface area (Å²) in [6.07, 6.45) is 0.924. The van der Waals surface area contributed by atoms with Crippen LogP contribution < -0.4 is 5.73 Å². The number of esters is 1. The number of benzene rings is 1. The Morgan fingerprint density at radius 2 is 2.12 bits per heavy atom. The smallest absolute Gasteiger partial charge is 0.340 e. The van der Waals surface area contributed by atoms with Gasteiger partial charge in [0.15, 0.2) is 0 Å². The second-order valence-corrected chi connectivity index (χ2v) is 3.52. The lowest BCUT2D eigenvalue weighted by molar-refractivity contribution is 0.0319. The summed E-state index contributed by atoms with van der Waals surface area (Å²) in [5, 5.41) is 9.24. The van der Waals surface area contributed by atoms with Crippen molar-refractivity contribution in [1.29, 1.82) is 0 Å². The fourth-order valence-corrected chi connectivity index (χ4v) is 1.24. The number of hydrogen-bond acceptors (Lipinski definition) is 5. The predicted molar refractivity (Wildman–Crippen MR) is 63.9 cm³/mol. The average Bonchev–Trinajstić information content (AvgIpc) is 2.32. The molecule has 0 atom stereocenters. The monoisotopic (exact) mass is 239 g/mol. The maximum atomic E-state index is 11.6. The second kappa shape index (κ2) is 6.75. The number of ether oxygens (including phenoxy) is 2. The van der Waals surface area contributed by atoms with Gasteiger partial charge in [-0.15, -0.1) is 0 Å². The molecule has 94 valence electrons. The molecule has 1 rings (SSSR count). The molecule has 1 aromatic rings. The first-order valence-electron chi connectivity index (χ1n) is 5.48. The number of rotatable bonds is 6. The minimum Gasteiger partial charge on any atom is -0.508 e. The topological polar surface area (TPSA) is 81.8 Å². The summed E-state index contributed by atoms with van der Waals surface area (Å²) in [6, 6.07) is 4.15. The van der Waals surface area contributed by atoms with Crippen molar-refractivity contribution in [3.05, 3.63) is 23.8 Å². The SMILES string of the molecule is CCCOCCOC(=O)c1cc(O)ccc1N. The number of carbonyl (C=O) groups excluding carboxylic acids is 1. The summed E-state index contributed by atoms with van der Waals surface area (Å²) in [4.78, 5) is 11.6. The highest BCUT2D eigenvalue weighted by atomic mass is 16.6. The van der Waals surface area contributed by atoms with Crippen LogP contribution >= 0.6 is 0 Å². The Morgan fingerprint density at radius 1 is 1.35 bits per heavy atom. The number of aromatic hydroxyl groups is 1. The maximum Gasteiger partial charge on any atom is 0.340 e. The third-order valence-corrected chi connectivity index (χ3v) is 2.07. The molecule has 0 aliphatic heterocycles. The molecule has 0 heterocycles. The van der Waals surface area contributed by atoms with Crippen molar-refractivity contribution in [3.8, 4) is 5.75 Å². The van der Waals surface area contributed by atoms with Crippen LogP contribution in [0.15, 0.2) is 18.2 Å². The third-order valence-electron chi connectivity index (χ3n) is 2.07. The first kappa shape index (κ1) is 13.3. The Bertz CT molecular complexity index is 379. The highest BCUT2D eigenvalue weighted by Crippen LogP contribution is 2.19. The van der Waals surface area contributed by atoms with Gasteiger partial charge in [0, 0.05) is 12.3 Å². The lowest BCUT2D eigenvalue weighted by Crippen LogP contribution is -2.12. The minimum absolute atomic E-state index is 0.0200. The Labute approximate surface area is 100 Å². The molecule has 0 amide bonds. The zero-order chi connectivity index (χ0) is 12.7. The van der Waals surface area contributed by atoms with E-state index in [4.69, 9.17) is 15.2 Å². The van der Waals surface area contributed by atoms with Gasteiger partial charge in [0.25, 0.3) is 0 Å². The van der Waals surface area contributed by atoms with Gasteiger partial charge in [-0.3, -0.25) is 0 Å². The average molecular weight is 239 g/mol. The molecular weight excluding hydrogens is 222 g/mol. The van der Waals surface area contributed by atoms with E-state index in [0.717, 1.165) is 6.42 Å². The maximum absolute atomic E-state index is 11.6. The van der Waals surface area contributed by atoms with Crippen molar-refractivity contribution in [2.24, 2.45) is 0 Å². The molecule has 0 bridgehead atoms. The van der Waals surface area contributed by atoms with Gasteiger partial charge in [-0.1, -0.05) is 6.92 Å². The van der Waals surface area contributed by atoms with Crippen molar-refractivity contribution in [2.75, 3.05) is 25.6 Å². The highest BCUT2D eigenvalue weighted by molar-refractivity contribution is 5.95. The molecule has 0 spiro atoms.